The number of methoxy groups -OCH3 is 1. The van der Waals surface area contributed by atoms with Crippen molar-refractivity contribution in [1.29, 1.82) is 5.26 Å². The molecule has 2 atom stereocenters. The molecule has 0 saturated carbocycles. The second-order valence-corrected chi connectivity index (χ2v) is 7.73. The van der Waals surface area contributed by atoms with Crippen LogP contribution in [0.25, 0.3) is 0 Å². The number of piperidine rings is 1. The van der Waals surface area contributed by atoms with E-state index in [2.05, 4.69) is 16.0 Å². The summed E-state index contributed by atoms with van der Waals surface area (Å²) >= 11 is 1.42. The van der Waals surface area contributed by atoms with Crippen molar-refractivity contribution in [3.8, 4) is 17.8 Å². The van der Waals surface area contributed by atoms with Crippen LogP contribution in [0.5, 0.6) is 11.8 Å². The molecule has 0 unspecified atom stereocenters. The number of amides is 1. The maximum Gasteiger partial charge on any atom is 0.256 e. The lowest BCUT2D eigenvalue weighted by atomic mass is 10.00. The van der Waals surface area contributed by atoms with E-state index in [0.29, 0.717) is 34.5 Å². The van der Waals surface area contributed by atoms with Crippen LogP contribution in [0.2, 0.25) is 0 Å². The maximum atomic E-state index is 13.3. The lowest BCUT2D eigenvalue weighted by Crippen LogP contribution is -2.49. The van der Waals surface area contributed by atoms with Crippen LogP contribution in [0.4, 0.5) is 0 Å². The number of rotatable bonds is 5. The number of ether oxygens (including phenoxy) is 2. The molecule has 3 rings (SSSR count). The molecule has 7 nitrogen and oxygen atoms in total. The van der Waals surface area contributed by atoms with E-state index in [0.717, 1.165) is 18.4 Å². The second-order valence-electron chi connectivity index (χ2n) is 6.93. The summed E-state index contributed by atoms with van der Waals surface area (Å²) in [5.74, 6) is 0.866. The predicted octanol–water partition coefficient (Wildman–Crippen LogP) is 3.46. The normalized spacial score (nSPS) is 18.8. The third kappa shape index (κ3) is 4.46. The minimum atomic E-state index is -0.181. The Labute approximate surface area is 175 Å². The number of thioether (sulfide) groups is 1. The minimum absolute atomic E-state index is 0.0687. The minimum Gasteiger partial charge on any atom is -0.481 e. The van der Waals surface area contributed by atoms with Gasteiger partial charge in [-0.05, 0) is 45.1 Å². The van der Waals surface area contributed by atoms with Crippen molar-refractivity contribution in [3.63, 3.8) is 0 Å². The standard InChI is InChI=1S/C21H24N4O3S/c1-13-5-6-16(28-19-14(2)15(11-22)9-10-23-19)12-25(13)21(26)17-7-8-18(27-3)24-20(17)29-4/h7-10,13,16H,5-6,12H2,1-4H3/t13-,16-/m1/s1. The lowest BCUT2D eigenvalue weighted by molar-refractivity contribution is 0.0367. The van der Waals surface area contributed by atoms with Crippen LogP contribution >= 0.6 is 11.8 Å². The van der Waals surface area contributed by atoms with Gasteiger partial charge in [-0.1, -0.05) is 0 Å². The zero-order valence-electron chi connectivity index (χ0n) is 17.0. The van der Waals surface area contributed by atoms with E-state index < -0.39 is 0 Å². The molecule has 1 aliphatic rings. The van der Waals surface area contributed by atoms with Gasteiger partial charge in [-0.3, -0.25) is 4.79 Å². The Balaban J connectivity index is 1.80. The summed E-state index contributed by atoms with van der Waals surface area (Å²) in [4.78, 5) is 23.8. The van der Waals surface area contributed by atoms with Crippen molar-refractivity contribution in [3.05, 3.63) is 41.1 Å². The summed E-state index contributed by atoms with van der Waals surface area (Å²) in [7, 11) is 1.56. The molecule has 0 N–H and O–H groups in total. The molecule has 0 radical (unpaired) electrons. The third-order valence-electron chi connectivity index (χ3n) is 5.12. The summed E-state index contributed by atoms with van der Waals surface area (Å²) < 4.78 is 11.3. The molecule has 0 aromatic carbocycles. The molecule has 1 amide bonds. The molecule has 0 spiro atoms. The number of likely N-dealkylation sites (tertiary alicyclic amines) is 1. The van der Waals surface area contributed by atoms with Crippen LogP contribution in [0.1, 0.15) is 41.3 Å². The van der Waals surface area contributed by atoms with Crippen molar-refractivity contribution in [2.75, 3.05) is 19.9 Å². The van der Waals surface area contributed by atoms with Crippen LogP contribution < -0.4 is 9.47 Å². The number of aromatic nitrogens is 2. The van der Waals surface area contributed by atoms with Crippen molar-refractivity contribution >= 4 is 17.7 Å². The van der Waals surface area contributed by atoms with E-state index in [1.165, 1.54) is 11.8 Å². The Morgan fingerprint density at radius 2 is 2.14 bits per heavy atom. The molecular weight excluding hydrogens is 388 g/mol. The first kappa shape index (κ1) is 20.9. The van der Waals surface area contributed by atoms with E-state index in [1.54, 1.807) is 31.5 Å². The predicted molar refractivity (Wildman–Crippen MR) is 110 cm³/mol. The molecule has 1 aliphatic heterocycles. The van der Waals surface area contributed by atoms with E-state index in [-0.39, 0.29) is 18.1 Å². The monoisotopic (exact) mass is 412 g/mol. The summed E-state index contributed by atoms with van der Waals surface area (Å²) in [5, 5.41) is 9.85. The molecule has 29 heavy (non-hydrogen) atoms. The van der Waals surface area contributed by atoms with Crippen molar-refractivity contribution in [2.45, 2.75) is 43.9 Å². The van der Waals surface area contributed by atoms with Gasteiger partial charge in [0.05, 0.1) is 30.9 Å². The van der Waals surface area contributed by atoms with E-state index >= 15 is 0 Å². The average molecular weight is 413 g/mol. The van der Waals surface area contributed by atoms with E-state index in [4.69, 9.17) is 9.47 Å². The van der Waals surface area contributed by atoms with Gasteiger partial charge in [-0.15, -0.1) is 11.8 Å². The molecule has 3 heterocycles. The Kier molecular flexibility index (Phi) is 6.60. The van der Waals surface area contributed by atoms with Gasteiger partial charge in [0, 0.05) is 23.9 Å². The van der Waals surface area contributed by atoms with Gasteiger partial charge in [0.2, 0.25) is 11.8 Å². The first-order valence-corrected chi connectivity index (χ1v) is 10.6. The van der Waals surface area contributed by atoms with Gasteiger partial charge in [0.15, 0.2) is 0 Å². The SMILES string of the molecule is COc1ccc(C(=O)N2C[C@H](Oc3nccc(C#N)c3C)CC[C@H]2C)c(SC)n1. The first-order valence-electron chi connectivity index (χ1n) is 9.40. The van der Waals surface area contributed by atoms with Crippen LogP contribution in [-0.2, 0) is 0 Å². The zero-order chi connectivity index (χ0) is 21.0. The van der Waals surface area contributed by atoms with Gasteiger partial charge in [0.1, 0.15) is 11.1 Å². The van der Waals surface area contributed by atoms with Crippen LogP contribution in [0.3, 0.4) is 0 Å². The number of carbonyl (C=O) groups is 1. The summed E-state index contributed by atoms with van der Waals surface area (Å²) in [5.41, 5.74) is 1.82. The van der Waals surface area contributed by atoms with Crippen LogP contribution in [-0.4, -0.2) is 52.8 Å². The first-order chi connectivity index (χ1) is 14.0. The summed E-state index contributed by atoms with van der Waals surface area (Å²) in [6.45, 7) is 4.32. The van der Waals surface area contributed by atoms with Gasteiger partial charge < -0.3 is 14.4 Å². The quantitative estimate of drug-likeness (QED) is 0.695. The number of hydrogen-bond acceptors (Lipinski definition) is 7. The highest BCUT2D eigenvalue weighted by Crippen LogP contribution is 2.28. The number of pyridine rings is 2. The molecule has 152 valence electrons. The average Bonchev–Trinajstić information content (AvgIpc) is 2.75. The number of carbonyl (C=O) groups excluding carboxylic acids is 1. The molecule has 1 saturated heterocycles. The fourth-order valence-electron chi connectivity index (χ4n) is 3.38. The Bertz CT molecular complexity index is 944. The summed E-state index contributed by atoms with van der Waals surface area (Å²) in [6, 6.07) is 7.38. The highest BCUT2D eigenvalue weighted by Gasteiger charge is 2.32. The van der Waals surface area contributed by atoms with E-state index in [9.17, 15) is 10.1 Å². The molecule has 0 bridgehead atoms. The van der Waals surface area contributed by atoms with Gasteiger partial charge in [0.25, 0.3) is 5.91 Å². The smallest absolute Gasteiger partial charge is 0.256 e. The van der Waals surface area contributed by atoms with Crippen molar-refractivity contribution < 1.29 is 14.3 Å². The zero-order valence-corrected chi connectivity index (χ0v) is 17.8. The summed E-state index contributed by atoms with van der Waals surface area (Å²) in [6.07, 6.45) is 4.92. The van der Waals surface area contributed by atoms with Gasteiger partial charge in [-0.2, -0.15) is 5.26 Å². The van der Waals surface area contributed by atoms with E-state index in [1.807, 2.05) is 25.0 Å². The maximum absolute atomic E-state index is 13.3. The highest BCUT2D eigenvalue weighted by molar-refractivity contribution is 7.98. The Morgan fingerprint density at radius 3 is 2.83 bits per heavy atom. The van der Waals surface area contributed by atoms with Crippen molar-refractivity contribution in [2.24, 2.45) is 0 Å². The van der Waals surface area contributed by atoms with Crippen LogP contribution in [0.15, 0.2) is 29.4 Å². The number of nitrogens with zero attached hydrogens (tertiary/aromatic N) is 4. The molecule has 2 aromatic rings. The second kappa shape index (κ2) is 9.14. The van der Waals surface area contributed by atoms with Gasteiger partial charge >= 0.3 is 0 Å². The number of nitriles is 1. The molecular formula is C21H24N4O3S. The van der Waals surface area contributed by atoms with Crippen molar-refractivity contribution in [1.82, 2.24) is 14.9 Å². The fraction of sp³-hybridized carbons (Fsp3) is 0.429. The molecule has 1 fully saturated rings. The number of hydrogen-bond donors (Lipinski definition) is 0. The molecule has 8 heteroatoms. The Hall–Kier alpha value is -2.79. The Morgan fingerprint density at radius 1 is 1.34 bits per heavy atom. The fourth-order valence-corrected chi connectivity index (χ4v) is 3.93. The van der Waals surface area contributed by atoms with Gasteiger partial charge in [-0.25, -0.2) is 9.97 Å². The topological polar surface area (TPSA) is 88.3 Å². The van der Waals surface area contributed by atoms with Crippen LogP contribution in [0, 0.1) is 18.3 Å². The molecule has 2 aromatic heterocycles. The molecule has 0 aliphatic carbocycles. The lowest BCUT2D eigenvalue weighted by Gasteiger charge is -2.38. The largest absolute Gasteiger partial charge is 0.481 e. The highest BCUT2D eigenvalue weighted by atomic mass is 32.2. The third-order valence-corrected chi connectivity index (χ3v) is 5.82.